The Morgan fingerprint density at radius 2 is 1.96 bits per heavy atom. The highest BCUT2D eigenvalue weighted by molar-refractivity contribution is 6.31. The summed E-state index contributed by atoms with van der Waals surface area (Å²) in [5.74, 6) is -2.12. The van der Waals surface area contributed by atoms with Crippen molar-refractivity contribution < 1.29 is 23.8 Å². The Bertz CT molecular complexity index is 857. The number of methoxy groups -OCH3 is 1. The number of hydrogen-bond acceptors (Lipinski definition) is 3. The summed E-state index contributed by atoms with van der Waals surface area (Å²) in [6.45, 7) is 0. The maximum absolute atomic E-state index is 13.8. The molecule has 1 amide bonds. The average Bonchev–Trinajstić information content (AvgIpc) is 3.05. The van der Waals surface area contributed by atoms with E-state index in [0.717, 1.165) is 12.1 Å². The van der Waals surface area contributed by atoms with Gasteiger partial charge in [0.15, 0.2) is 0 Å². The van der Waals surface area contributed by atoms with Gasteiger partial charge in [0.1, 0.15) is 17.6 Å². The van der Waals surface area contributed by atoms with E-state index in [1.807, 2.05) is 0 Å². The van der Waals surface area contributed by atoms with Gasteiger partial charge in [-0.3, -0.25) is 4.79 Å². The summed E-state index contributed by atoms with van der Waals surface area (Å²) < 4.78 is 18.8. The van der Waals surface area contributed by atoms with Crippen LogP contribution in [0.25, 0.3) is 0 Å². The van der Waals surface area contributed by atoms with Gasteiger partial charge in [-0.25, -0.2) is 9.18 Å². The van der Waals surface area contributed by atoms with Gasteiger partial charge >= 0.3 is 5.97 Å². The van der Waals surface area contributed by atoms with Gasteiger partial charge in [0, 0.05) is 16.7 Å². The average molecular weight is 378 g/mol. The molecule has 0 unspecified atom stereocenters. The third-order valence-corrected chi connectivity index (χ3v) is 4.87. The van der Waals surface area contributed by atoms with Crippen LogP contribution in [0.2, 0.25) is 5.02 Å². The molecule has 1 saturated heterocycles. The molecule has 0 radical (unpaired) electrons. The first-order valence-corrected chi connectivity index (χ1v) is 8.44. The molecule has 1 fully saturated rings. The Hall–Kier alpha value is -2.60. The number of carboxylic acid groups (broad SMARTS) is 1. The second-order valence-corrected chi connectivity index (χ2v) is 6.47. The van der Waals surface area contributed by atoms with E-state index in [9.17, 15) is 19.1 Å². The van der Waals surface area contributed by atoms with Gasteiger partial charge in [0.25, 0.3) is 5.91 Å². The van der Waals surface area contributed by atoms with E-state index in [-0.39, 0.29) is 11.3 Å². The van der Waals surface area contributed by atoms with Crippen LogP contribution >= 0.6 is 11.6 Å². The Labute approximate surface area is 154 Å². The van der Waals surface area contributed by atoms with E-state index in [4.69, 9.17) is 16.3 Å². The summed E-state index contributed by atoms with van der Waals surface area (Å²) in [6.07, 6.45) is 0.752. The fourth-order valence-corrected chi connectivity index (χ4v) is 3.60. The van der Waals surface area contributed by atoms with E-state index in [1.165, 1.54) is 18.1 Å². The molecule has 1 aliphatic heterocycles. The van der Waals surface area contributed by atoms with Crippen LogP contribution in [0, 0.1) is 5.82 Å². The van der Waals surface area contributed by atoms with E-state index < -0.39 is 29.8 Å². The van der Waals surface area contributed by atoms with Crippen LogP contribution < -0.4 is 4.74 Å². The Morgan fingerprint density at radius 1 is 1.23 bits per heavy atom. The van der Waals surface area contributed by atoms with Crippen molar-refractivity contribution >= 4 is 23.5 Å². The van der Waals surface area contributed by atoms with Crippen LogP contribution in [0.15, 0.2) is 42.5 Å². The minimum absolute atomic E-state index is 0.0343. The largest absolute Gasteiger partial charge is 0.497 e. The third-order valence-electron chi connectivity index (χ3n) is 4.52. The fraction of sp³-hybridized carbons (Fsp3) is 0.263. The van der Waals surface area contributed by atoms with Crippen LogP contribution in [0.4, 0.5) is 4.39 Å². The van der Waals surface area contributed by atoms with E-state index in [1.54, 1.807) is 24.3 Å². The van der Waals surface area contributed by atoms with Crippen LogP contribution in [-0.2, 0) is 4.79 Å². The van der Waals surface area contributed by atoms with Gasteiger partial charge in [-0.05, 0) is 36.6 Å². The topological polar surface area (TPSA) is 66.8 Å². The quantitative estimate of drug-likeness (QED) is 0.877. The highest BCUT2D eigenvalue weighted by Crippen LogP contribution is 2.40. The van der Waals surface area contributed by atoms with E-state index in [2.05, 4.69) is 0 Å². The minimum Gasteiger partial charge on any atom is -0.497 e. The number of carbonyl (C=O) groups excluding carboxylic acids is 1. The monoisotopic (exact) mass is 377 g/mol. The first kappa shape index (κ1) is 18.2. The fourth-order valence-electron chi connectivity index (χ4n) is 3.34. The number of carbonyl (C=O) groups is 2. The Morgan fingerprint density at radius 3 is 2.62 bits per heavy atom. The van der Waals surface area contributed by atoms with Gasteiger partial charge in [-0.15, -0.1) is 0 Å². The Balaban J connectivity index is 2.04. The van der Waals surface area contributed by atoms with Gasteiger partial charge in [0.2, 0.25) is 0 Å². The first-order valence-electron chi connectivity index (χ1n) is 8.07. The molecule has 26 heavy (non-hydrogen) atoms. The molecule has 3 rings (SSSR count). The van der Waals surface area contributed by atoms with Crippen molar-refractivity contribution in [1.82, 2.24) is 4.90 Å². The van der Waals surface area contributed by atoms with Crippen molar-refractivity contribution in [1.29, 1.82) is 0 Å². The van der Waals surface area contributed by atoms with Crippen LogP contribution in [0.1, 0.15) is 34.8 Å². The van der Waals surface area contributed by atoms with E-state index >= 15 is 0 Å². The zero-order valence-corrected chi connectivity index (χ0v) is 14.7. The maximum atomic E-state index is 13.8. The van der Waals surface area contributed by atoms with Crippen molar-refractivity contribution in [3.05, 3.63) is 64.4 Å². The third kappa shape index (κ3) is 3.37. The number of halogens is 2. The van der Waals surface area contributed by atoms with Gasteiger partial charge in [-0.2, -0.15) is 0 Å². The minimum atomic E-state index is -1.10. The molecule has 7 heteroatoms. The molecule has 5 nitrogen and oxygen atoms in total. The molecule has 0 aliphatic carbocycles. The summed E-state index contributed by atoms with van der Waals surface area (Å²) in [4.78, 5) is 26.0. The normalized spacial score (nSPS) is 19.4. The first-order chi connectivity index (χ1) is 12.4. The van der Waals surface area contributed by atoms with Gasteiger partial charge in [-0.1, -0.05) is 29.8 Å². The SMILES string of the molecule is COc1cc(F)cc(C(=O)N2[C@@H](c3ccccc3Cl)CC[C@H]2C(=O)O)c1. The molecule has 2 aromatic rings. The lowest BCUT2D eigenvalue weighted by Gasteiger charge is -2.29. The zero-order chi connectivity index (χ0) is 18.8. The summed E-state index contributed by atoms with van der Waals surface area (Å²) in [6, 6.07) is 9.13. The number of likely N-dealkylation sites (tertiary alicyclic amines) is 1. The Kier molecular flexibility index (Phi) is 5.13. The predicted molar refractivity (Wildman–Crippen MR) is 94.0 cm³/mol. The standard InChI is InChI=1S/C19H17ClFNO4/c1-26-13-9-11(8-12(21)10-13)18(23)22-16(6-7-17(22)19(24)25)14-4-2-3-5-15(14)20/h2-5,8-10,16-17H,6-7H2,1H3,(H,24,25)/t16-,17+/m1/s1. The number of ether oxygens (including phenoxy) is 1. The number of aliphatic carboxylic acids is 1. The number of carboxylic acids is 1. The molecule has 1 N–H and O–H groups in total. The molecule has 0 saturated carbocycles. The smallest absolute Gasteiger partial charge is 0.326 e. The lowest BCUT2D eigenvalue weighted by molar-refractivity contribution is -0.141. The summed E-state index contributed by atoms with van der Waals surface area (Å²) in [7, 11) is 1.37. The highest BCUT2D eigenvalue weighted by Gasteiger charge is 2.42. The second kappa shape index (κ2) is 7.33. The van der Waals surface area contributed by atoms with Crippen LogP contribution in [-0.4, -0.2) is 35.0 Å². The predicted octanol–water partition coefficient (Wildman–Crippen LogP) is 3.92. The van der Waals surface area contributed by atoms with Crippen molar-refractivity contribution in [3.8, 4) is 5.75 Å². The van der Waals surface area contributed by atoms with Crippen molar-refractivity contribution in [3.63, 3.8) is 0 Å². The molecule has 0 spiro atoms. The zero-order valence-electron chi connectivity index (χ0n) is 14.0. The van der Waals surface area contributed by atoms with Crippen molar-refractivity contribution in [2.45, 2.75) is 24.9 Å². The number of rotatable bonds is 4. The van der Waals surface area contributed by atoms with Gasteiger partial charge < -0.3 is 14.7 Å². The molecular formula is C19H17ClFNO4. The highest BCUT2D eigenvalue weighted by atomic mass is 35.5. The summed E-state index contributed by atoms with van der Waals surface area (Å²) in [5, 5.41) is 10.00. The van der Waals surface area contributed by atoms with Crippen LogP contribution in [0.3, 0.4) is 0 Å². The number of nitrogens with zero attached hydrogens (tertiary/aromatic N) is 1. The van der Waals surface area contributed by atoms with Gasteiger partial charge in [0.05, 0.1) is 13.2 Å². The molecule has 0 bridgehead atoms. The summed E-state index contributed by atoms with van der Waals surface area (Å²) in [5.41, 5.74) is 0.710. The number of hydrogen-bond donors (Lipinski definition) is 1. The van der Waals surface area contributed by atoms with Crippen molar-refractivity contribution in [2.75, 3.05) is 7.11 Å². The molecule has 1 aliphatic rings. The van der Waals surface area contributed by atoms with E-state index in [0.29, 0.717) is 23.4 Å². The molecule has 2 atom stereocenters. The van der Waals surface area contributed by atoms with Crippen molar-refractivity contribution in [2.24, 2.45) is 0 Å². The second-order valence-electron chi connectivity index (χ2n) is 6.06. The summed E-state index contributed by atoms with van der Waals surface area (Å²) >= 11 is 6.26. The molecule has 1 heterocycles. The lowest BCUT2D eigenvalue weighted by Crippen LogP contribution is -2.42. The number of benzene rings is 2. The molecule has 0 aromatic heterocycles. The van der Waals surface area contributed by atoms with Crippen LogP contribution in [0.5, 0.6) is 5.75 Å². The maximum Gasteiger partial charge on any atom is 0.326 e. The number of amides is 1. The molecule has 136 valence electrons. The molecule has 2 aromatic carbocycles. The molecular weight excluding hydrogens is 361 g/mol. The lowest BCUT2D eigenvalue weighted by atomic mass is 10.0.